The normalized spacial score (nSPS) is 10.7. The number of rotatable bonds is 9. The summed E-state index contributed by atoms with van der Waals surface area (Å²) in [7, 11) is 0. The number of alkyl halides is 2. The fourth-order valence-corrected chi connectivity index (χ4v) is 0.876. The summed E-state index contributed by atoms with van der Waals surface area (Å²) in [5.74, 6) is -0.149. The Balaban J connectivity index is 3.17. The van der Waals surface area contributed by atoms with E-state index >= 15 is 0 Å². The van der Waals surface area contributed by atoms with Crippen molar-refractivity contribution in [3.63, 3.8) is 0 Å². The summed E-state index contributed by atoms with van der Waals surface area (Å²) in [5.41, 5.74) is 0. The molecular weight excluding hydrogens is 206 g/mol. The van der Waals surface area contributed by atoms with Crippen molar-refractivity contribution < 1.29 is 18.3 Å². The predicted molar refractivity (Wildman–Crippen MR) is 53.0 cm³/mol. The average Bonchev–Trinajstić information content (AvgIpc) is 2.17. The largest absolute Gasteiger partial charge is 0.374 e. The number of amides is 1. The Bertz CT molecular complexity index is 168. The summed E-state index contributed by atoms with van der Waals surface area (Å²) >= 11 is 0. The van der Waals surface area contributed by atoms with Gasteiger partial charge < -0.3 is 15.4 Å². The van der Waals surface area contributed by atoms with Gasteiger partial charge in [0.05, 0.1) is 13.2 Å². The van der Waals surface area contributed by atoms with Crippen LogP contribution in [0.15, 0.2) is 0 Å². The second-order valence-electron chi connectivity index (χ2n) is 2.99. The van der Waals surface area contributed by atoms with Gasteiger partial charge in [-0.25, -0.2) is 8.78 Å². The lowest BCUT2D eigenvalue weighted by atomic mass is 10.4. The maximum Gasteiger partial charge on any atom is 0.261 e. The third-order valence-electron chi connectivity index (χ3n) is 1.52. The van der Waals surface area contributed by atoms with Crippen LogP contribution in [-0.4, -0.2) is 45.2 Å². The molecule has 0 aliphatic rings. The average molecular weight is 224 g/mol. The molecule has 0 atom stereocenters. The molecule has 15 heavy (non-hydrogen) atoms. The molecule has 0 saturated heterocycles. The van der Waals surface area contributed by atoms with Crippen molar-refractivity contribution in [2.75, 3.05) is 32.8 Å². The highest BCUT2D eigenvalue weighted by molar-refractivity contribution is 5.77. The van der Waals surface area contributed by atoms with Gasteiger partial charge >= 0.3 is 0 Å². The third-order valence-corrected chi connectivity index (χ3v) is 1.52. The minimum absolute atomic E-state index is 0.115. The molecule has 0 rings (SSSR count). The van der Waals surface area contributed by atoms with Gasteiger partial charge in [-0.2, -0.15) is 0 Å². The Hall–Kier alpha value is -0.750. The van der Waals surface area contributed by atoms with Crippen molar-refractivity contribution in [1.82, 2.24) is 10.6 Å². The van der Waals surface area contributed by atoms with Crippen molar-refractivity contribution in [3.8, 4) is 0 Å². The van der Waals surface area contributed by atoms with Gasteiger partial charge in [0.1, 0.15) is 6.61 Å². The second-order valence-corrected chi connectivity index (χ2v) is 2.99. The zero-order valence-corrected chi connectivity index (χ0v) is 8.89. The molecule has 0 aliphatic heterocycles. The Kier molecular flexibility index (Phi) is 9.30. The Morgan fingerprint density at radius 2 is 2.13 bits per heavy atom. The highest BCUT2D eigenvalue weighted by Gasteiger charge is 2.02. The Morgan fingerprint density at radius 1 is 1.40 bits per heavy atom. The zero-order valence-electron chi connectivity index (χ0n) is 8.89. The first-order valence-electron chi connectivity index (χ1n) is 5.00. The predicted octanol–water partition coefficient (Wildman–Crippen LogP) is 0.384. The van der Waals surface area contributed by atoms with Gasteiger partial charge in [-0.3, -0.25) is 4.79 Å². The molecule has 0 bridgehead atoms. The lowest BCUT2D eigenvalue weighted by Crippen LogP contribution is -2.36. The summed E-state index contributed by atoms with van der Waals surface area (Å²) in [6, 6.07) is 0. The van der Waals surface area contributed by atoms with Gasteiger partial charge in [-0.1, -0.05) is 6.92 Å². The zero-order chi connectivity index (χ0) is 11.5. The van der Waals surface area contributed by atoms with E-state index in [1.807, 2.05) is 6.92 Å². The van der Waals surface area contributed by atoms with E-state index in [4.69, 9.17) is 0 Å². The van der Waals surface area contributed by atoms with E-state index in [1.54, 1.807) is 0 Å². The molecule has 0 unspecified atom stereocenters. The van der Waals surface area contributed by atoms with Crippen molar-refractivity contribution in [1.29, 1.82) is 0 Å². The molecule has 0 fully saturated rings. The van der Waals surface area contributed by atoms with Gasteiger partial charge in [0.2, 0.25) is 5.91 Å². The van der Waals surface area contributed by atoms with Crippen LogP contribution in [0.1, 0.15) is 13.3 Å². The first kappa shape index (κ1) is 14.2. The molecule has 0 heterocycles. The lowest BCUT2D eigenvalue weighted by Gasteiger charge is -2.06. The molecule has 2 N–H and O–H groups in total. The number of halogens is 2. The van der Waals surface area contributed by atoms with Crippen molar-refractivity contribution >= 4 is 5.91 Å². The van der Waals surface area contributed by atoms with Crippen LogP contribution in [0, 0.1) is 0 Å². The molecule has 0 aliphatic carbocycles. The van der Waals surface area contributed by atoms with E-state index < -0.39 is 13.0 Å². The maximum absolute atomic E-state index is 11.6. The number of ether oxygens (including phenoxy) is 1. The van der Waals surface area contributed by atoms with E-state index in [-0.39, 0.29) is 25.6 Å². The van der Waals surface area contributed by atoms with Gasteiger partial charge in [0, 0.05) is 6.54 Å². The van der Waals surface area contributed by atoms with Crippen LogP contribution in [-0.2, 0) is 9.53 Å². The summed E-state index contributed by atoms with van der Waals surface area (Å²) in [6.07, 6.45) is -1.49. The minimum atomic E-state index is -2.45. The van der Waals surface area contributed by atoms with Crippen molar-refractivity contribution in [2.45, 2.75) is 19.8 Å². The molecule has 6 heteroatoms. The van der Waals surface area contributed by atoms with Gasteiger partial charge in [-0.15, -0.1) is 0 Å². The minimum Gasteiger partial charge on any atom is -0.374 e. The molecule has 0 aromatic heterocycles. The van der Waals surface area contributed by atoms with E-state index in [0.29, 0.717) is 0 Å². The first-order chi connectivity index (χ1) is 7.16. The van der Waals surface area contributed by atoms with Gasteiger partial charge in [0.25, 0.3) is 6.43 Å². The molecule has 4 nitrogen and oxygen atoms in total. The summed E-state index contributed by atoms with van der Waals surface area (Å²) in [5, 5.41) is 5.47. The number of hydrogen-bond donors (Lipinski definition) is 2. The second kappa shape index (κ2) is 9.79. The summed E-state index contributed by atoms with van der Waals surface area (Å²) in [4.78, 5) is 11.0. The van der Waals surface area contributed by atoms with Gasteiger partial charge in [0.15, 0.2) is 0 Å². The van der Waals surface area contributed by atoms with Crippen LogP contribution >= 0.6 is 0 Å². The van der Waals surface area contributed by atoms with Crippen LogP contribution in [0.3, 0.4) is 0 Å². The number of carbonyl (C=O) groups is 1. The van der Waals surface area contributed by atoms with E-state index in [1.165, 1.54) is 0 Å². The molecule has 0 radical (unpaired) electrons. The van der Waals surface area contributed by atoms with Crippen LogP contribution in [0.4, 0.5) is 8.78 Å². The van der Waals surface area contributed by atoms with E-state index in [9.17, 15) is 13.6 Å². The number of hydrogen-bond acceptors (Lipinski definition) is 3. The fourth-order valence-electron chi connectivity index (χ4n) is 0.876. The Labute approximate surface area is 88.4 Å². The van der Waals surface area contributed by atoms with Crippen LogP contribution in [0.2, 0.25) is 0 Å². The molecule has 1 amide bonds. The summed E-state index contributed by atoms with van der Waals surface area (Å²) < 4.78 is 27.8. The van der Waals surface area contributed by atoms with Crippen LogP contribution in [0.5, 0.6) is 0 Å². The number of carbonyl (C=O) groups excluding carboxylic acids is 1. The van der Waals surface area contributed by atoms with E-state index in [2.05, 4.69) is 15.4 Å². The van der Waals surface area contributed by atoms with Crippen molar-refractivity contribution in [2.24, 2.45) is 0 Å². The maximum atomic E-state index is 11.6. The van der Waals surface area contributed by atoms with Crippen molar-refractivity contribution in [3.05, 3.63) is 0 Å². The number of nitrogens with one attached hydrogen (secondary N) is 2. The highest BCUT2D eigenvalue weighted by Crippen LogP contribution is 1.91. The van der Waals surface area contributed by atoms with Crippen LogP contribution in [0.25, 0.3) is 0 Å². The molecule has 0 spiro atoms. The molecular formula is C9H18F2N2O2. The smallest absolute Gasteiger partial charge is 0.261 e. The van der Waals surface area contributed by atoms with Gasteiger partial charge in [-0.05, 0) is 13.0 Å². The summed E-state index contributed by atoms with van der Waals surface area (Å²) in [6.45, 7) is 2.84. The third kappa shape index (κ3) is 11.2. The molecule has 90 valence electrons. The topological polar surface area (TPSA) is 50.4 Å². The quantitative estimate of drug-likeness (QED) is 0.557. The molecule has 0 aromatic carbocycles. The van der Waals surface area contributed by atoms with Crippen LogP contribution < -0.4 is 10.6 Å². The standard InChI is InChI=1S/C9H18F2N2O2/c1-2-3-12-6-9(14)13-4-5-15-7-8(10)11/h8,12H,2-7H2,1H3,(H,13,14). The SMILES string of the molecule is CCCNCC(=O)NCCOCC(F)F. The lowest BCUT2D eigenvalue weighted by molar-refractivity contribution is -0.120. The highest BCUT2D eigenvalue weighted by atomic mass is 19.3. The Morgan fingerprint density at radius 3 is 2.73 bits per heavy atom. The van der Waals surface area contributed by atoms with E-state index in [0.717, 1.165) is 13.0 Å². The first-order valence-corrected chi connectivity index (χ1v) is 5.00. The molecule has 0 saturated carbocycles. The fraction of sp³-hybridized carbons (Fsp3) is 0.889. The monoisotopic (exact) mass is 224 g/mol. The molecule has 0 aromatic rings.